The van der Waals surface area contributed by atoms with E-state index >= 15 is 0 Å². The van der Waals surface area contributed by atoms with Crippen LogP contribution in [-0.4, -0.2) is 44.5 Å². The van der Waals surface area contributed by atoms with E-state index in [1.54, 1.807) is 18.2 Å². The monoisotopic (exact) mass is 408 g/mol. The summed E-state index contributed by atoms with van der Waals surface area (Å²) in [4.78, 5) is 12.2. The maximum absolute atomic E-state index is 12.2. The van der Waals surface area contributed by atoms with Gasteiger partial charge in [-0.1, -0.05) is 27.5 Å². The molecule has 0 atom stereocenters. The van der Waals surface area contributed by atoms with Gasteiger partial charge in [0, 0.05) is 24.1 Å². The SMILES string of the molecule is CS(=O)(=O)N1CCC(CNC(=O)c2cc(Br)ccc2Cl)CC1. The van der Waals surface area contributed by atoms with E-state index in [2.05, 4.69) is 21.2 Å². The topological polar surface area (TPSA) is 66.5 Å². The van der Waals surface area contributed by atoms with Crippen molar-refractivity contribution in [3.8, 4) is 0 Å². The van der Waals surface area contributed by atoms with Gasteiger partial charge < -0.3 is 5.32 Å². The molecule has 0 spiro atoms. The first kappa shape index (κ1) is 17.7. The Labute approximate surface area is 144 Å². The molecular weight excluding hydrogens is 392 g/mol. The zero-order valence-corrected chi connectivity index (χ0v) is 15.3. The molecule has 0 unspecified atom stereocenters. The van der Waals surface area contributed by atoms with Gasteiger partial charge in [-0.15, -0.1) is 0 Å². The zero-order chi connectivity index (χ0) is 16.3. The lowest BCUT2D eigenvalue weighted by atomic mass is 9.98. The average molecular weight is 410 g/mol. The fourth-order valence-electron chi connectivity index (χ4n) is 2.45. The number of benzene rings is 1. The first-order chi connectivity index (χ1) is 10.3. The van der Waals surface area contributed by atoms with Gasteiger partial charge in [-0.3, -0.25) is 4.79 Å². The van der Waals surface area contributed by atoms with Crippen LogP contribution in [0.25, 0.3) is 0 Å². The summed E-state index contributed by atoms with van der Waals surface area (Å²) in [6.07, 6.45) is 2.73. The summed E-state index contributed by atoms with van der Waals surface area (Å²) >= 11 is 9.34. The number of nitrogens with zero attached hydrogens (tertiary/aromatic N) is 1. The fraction of sp³-hybridized carbons (Fsp3) is 0.500. The predicted octanol–water partition coefficient (Wildman–Crippen LogP) is 2.50. The highest BCUT2D eigenvalue weighted by atomic mass is 79.9. The first-order valence-corrected chi connectivity index (χ1v) is 9.97. The van der Waals surface area contributed by atoms with Crippen LogP contribution in [-0.2, 0) is 10.0 Å². The standard InChI is InChI=1S/C14H18BrClN2O3S/c1-22(20,21)18-6-4-10(5-7-18)9-17-14(19)12-8-11(15)2-3-13(12)16/h2-3,8,10H,4-7,9H2,1H3,(H,17,19). The van der Waals surface area contributed by atoms with Crippen LogP contribution in [0.1, 0.15) is 23.2 Å². The Bertz CT molecular complexity index is 658. The molecule has 1 aromatic rings. The van der Waals surface area contributed by atoms with Gasteiger partial charge in [0.05, 0.1) is 16.8 Å². The quantitative estimate of drug-likeness (QED) is 0.831. The highest BCUT2D eigenvalue weighted by Gasteiger charge is 2.25. The number of carbonyl (C=O) groups excluding carboxylic acids is 1. The van der Waals surface area contributed by atoms with Gasteiger partial charge in [0.2, 0.25) is 10.0 Å². The Hall–Kier alpha value is -0.630. The molecule has 0 radical (unpaired) electrons. The van der Waals surface area contributed by atoms with Crippen molar-refractivity contribution in [1.82, 2.24) is 9.62 Å². The molecule has 1 aromatic carbocycles. The molecule has 8 heteroatoms. The number of halogens is 2. The minimum absolute atomic E-state index is 0.211. The number of hydrogen-bond donors (Lipinski definition) is 1. The second kappa shape index (κ2) is 7.29. The number of nitrogens with one attached hydrogen (secondary N) is 1. The summed E-state index contributed by atoms with van der Waals surface area (Å²) in [5.74, 6) is 0.0738. The summed E-state index contributed by atoms with van der Waals surface area (Å²) in [5, 5.41) is 3.29. The molecule has 0 saturated carbocycles. The zero-order valence-electron chi connectivity index (χ0n) is 12.2. The molecule has 1 N–H and O–H groups in total. The van der Waals surface area contributed by atoms with Crippen molar-refractivity contribution >= 4 is 43.5 Å². The number of hydrogen-bond acceptors (Lipinski definition) is 3. The second-order valence-corrected chi connectivity index (χ2v) is 8.74. The summed E-state index contributed by atoms with van der Waals surface area (Å²) in [6, 6.07) is 5.13. The molecule has 1 heterocycles. The van der Waals surface area contributed by atoms with Gasteiger partial charge in [0.25, 0.3) is 5.91 Å². The van der Waals surface area contributed by atoms with Gasteiger partial charge in [0.1, 0.15) is 0 Å². The number of carbonyl (C=O) groups is 1. The molecule has 1 amide bonds. The minimum Gasteiger partial charge on any atom is -0.352 e. The summed E-state index contributed by atoms with van der Waals surface area (Å²) in [6.45, 7) is 1.55. The molecule has 22 heavy (non-hydrogen) atoms. The molecule has 122 valence electrons. The Kier molecular flexibility index (Phi) is 5.87. The van der Waals surface area contributed by atoms with Gasteiger partial charge in [0.15, 0.2) is 0 Å². The molecule has 1 fully saturated rings. The van der Waals surface area contributed by atoms with Crippen molar-refractivity contribution in [3.63, 3.8) is 0 Å². The average Bonchev–Trinajstić information content (AvgIpc) is 2.47. The molecule has 0 aromatic heterocycles. The Morgan fingerprint density at radius 1 is 1.41 bits per heavy atom. The molecule has 1 aliphatic heterocycles. The number of piperidine rings is 1. The molecule has 1 aliphatic rings. The number of sulfonamides is 1. The van der Waals surface area contributed by atoms with Crippen LogP contribution in [0, 0.1) is 5.92 Å². The lowest BCUT2D eigenvalue weighted by Crippen LogP contribution is -2.41. The highest BCUT2D eigenvalue weighted by molar-refractivity contribution is 9.10. The van der Waals surface area contributed by atoms with E-state index < -0.39 is 10.0 Å². The van der Waals surface area contributed by atoms with Crippen LogP contribution < -0.4 is 5.32 Å². The third-order valence-electron chi connectivity index (χ3n) is 3.77. The van der Waals surface area contributed by atoms with E-state index in [1.807, 2.05) is 0 Å². The van der Waals surface area contributed by atoms with Gasteiger partial charge >= 0.3 is 0 Å². The second-order valence-electron chi connectivity index (χ2n) is 5.44. The lowest BCUT2D eigenvalue weighted by molar-refractivity contribution is 0.0941. The van der Waals surface area contributed by atoms with E-state index in [4.69, 9.17) is 11.6 Å². The van der Waals surface area contributed by atoms with Gasteiger partial charge in [-0.25, -0.2) is 12.7 Å². The maximum Gasteiger partial charge on any atom is 0.252 e. The lowest BCUT2D eigenvalue weighted by Gasteiger charge is -2.30. The normalized spacial score (nSPS) is 17.4. The van der Waals surface area contributed by atoms with Gasteiger partial charge in [-0.05, 0) is 37.0 Å². The molecule has 0 aliphatic carbocycles. The van der Waals surface area contributed by atoms with E-state index in [1.165, 1.54) is 10.6 Å². The Morgan fingerprint density at radius 3 is 2.64 bits per heavy atom. The maximum atomic E-state index is 12.2. The fourth-order valence-corrected chi connectivity index (χ4v) is 3.89. The van der Waals surface area contributed by atoms with E-state index in [0.29, 0.717) is 30.2 Å². The number of rotatable bonds is 4. The summed E-state index contributed by atoms with van der Waals surface area (Å²) < 4.78 is 25.2. The van der Waals surface area contributed by atoms with Crippen molar-refractivity contribution < 1.29 is 13.2 Å². The summed E-state index contributed by atoms with van der Waals surface area (Å²) in [5.41, 5.74) is 0.435. The van der Waals surface area contributed by atoms with Crippen LogP contribution in [0.5, 0.6) is 0 Å². The highest BCUT2D eigenvalue weighted by Crippen LogP contribution is 2.22. The van der Waals surface area contributed by atoms with Crippen molar-refractivity contribution in [2.75, 3.05) is 25.9 Å². The molecule has 1 saturated heterocycles. The molecule has 2 rings (SSSR count). The van der Waals surface area contributed by atoms with E-state index in [0.717, 1.165) is 17.3 Å². The molecule has 5 nitrogen and oxygen atoms in total. The van der Waals surface area contributed by atoms with Crippen molar-refractivity contribution in [2.24, 2.45) is 5.92 Å². The molecule has 0 bridgehead atoms. The smallest absolute Gasteiger partial charge is 0.252 e. The minimum atomic E-state index is -3.11. The summed E-state index contributed by atoms with van der Waals surface area (Å²) in [7, 11) is -3.11. The van der Waals surface area contributed by atoms with Crippen molar-refractivity contribution in [2.45, 2.75) is 12.8 Å². The Morgan fingerprint density at radius 2 is 2.05 bits per heavy atom. The number of amides is 1. The van der Waals surface area contributed by atoms with Crippen molar-refractivity contribution in [1.29, 1.82) is 0 Å². The van der Waals surface area contributed by atoms with E-state index in [-0.39, 0.29) is 11.8 Å². The van der Waals surface area contributed by atoms with Crippen LogP contribution in [0.3, 0.4) is 0 Å². The van der Waals surface area contributed by atoms with Crippen LogP contribution in [0.15, 0.2) is 22.7 Å². The largest absolute Gasteiger partial charge is 0.352 e. The third-order valence-corrected chi connectivity index (χ3v) is 5.89. The van der Waals surface area contributed by atoms with Crippen LogP contribution >= 0.6 is 27.5 Å². The van der Waals surface area contributed by atoms with E-state index in [9.17, 15) is 13.2 Å². The first-order valence-electron chi connectivity index (χ1n) is 6.96. The van der Waals surface area contributed by atoms with Crippen LogP contribution in [0.4, 0.5) is 0 Å². The van der Waals surface area contributed by atoms with Crippen molar-refractivity contribution in [3.05, 3.63) is 33.3 Å². The third kappa shape index (κ3) is 4.68. The Balaban J connectivity index is 1.87. The van der Waals surface area contributed by atoms with Crippen LogP contribution in [0.2, 0.25) is 5.02 Å². The molecular formula is C14H18BrClN2O3S. The van der Waals surface area contributed by atoms with Gasteiger partial charge in [-0.2, -0.15) is 0 Å². The predicted molar refractivity (Wildman–Crippen MR) is 90.6 cm³/mol.